The molecule has 0 bridgehead atoms. The Balaban J connectivity index is 1.59. The van der Waals surface area contributed by atoms with Crippen molar-refractivity contribution in [2.24, 2.45) is 0 Å². The second-order valence-electron chi connectivity index (χ2n) is 7.47. The molecule has 10 heteroatoms. The number of likely N-dealkylation sites (N-methyl/N-ethyl adjacent to an activating group) is 1. The largest absolute Gasteiger partial charge is 0.380 e. The van der Waals surface area contributed by atoms with Crippen LogP contribution < -0.4 is 10.6 Å². The molecule has 1 aliphatic carbocycles. The lowest BCUT2D eigenvalue weighted by Crippen LogP contribution is -2.52. The zero-order chi connectivity index (χ0) is 21.3. The molecule has 8 nitrogen and oxygen atoms in total. The third-order valence-electron chi connectivity index (χ3n) is 5.31. The van der Waals surface area contributed by atoms with E-state index in [-0.39, 0.29) is 18.3 Å². The maximum absolute atomic E-state index is 14.4. The molecular weight excluding hydrogens is 411 g/mol. The van der Waals surface area contributed by atoms with Gasteiger partial charge in [0.05, 0.1) is 11.2 Å². The first kappa shape index (κ1) is 20.5. The number of amides is 1. The Hall–Kier alpha value is -2.78. The summed E-state index contributed by atoms with van der Waals surface area (Å²) >= 11 is 6.05. The molecule has 3 aromatic heterocycles. The van der Waals surface area contributed by atoms with Gasteiger partial charge in [-0.2, -0.15) is 0 Å². The van der Waals surface area contributed by atoms with Crippen LogP contribution >= 0.6 is 11.6 Å². The lowest BCUT2D eigenvalue weighted by atomic mass is 9.81. The summed E-state index contributed by atoms with van der Waals surface area (Å²) in [7, 11) is 0. The van der Waals surface area contributed by atoms with Gasteiger partial charge in [-0.3, -0.25) is 4.79 Å². The summed E-state index contributed by atoms with van der Waals surface area (Å²) in [6.07, 6.45) is 6.19. The number of fused-ring (bicyclic) bond motifs is 1. The number of anilines is 1. The molecule has 0 unspecified atom stereocenters. The number of halogens is 2. The van der Waals surface area contributed by atoms with Gasteiger partial charge in [0.25, 0.3) is 5.91 Å². The number of hydrogen-bond donors (Lipinski definition) is 4. The Morgan fingerprint density at radius 1 is 1.43 bits per heavy atom. The van der Waals surface area contributed by atoms with E-state index in [1.807, 2.05) is 0 Å². The molecule has 1 saturated carbocycles. The quantitative estimate of drug-likeness (QED) is 0.492. The van der Waals surface area contributed by atoms with Crippen LogP contribution in [0.1, 0.15) is 32.6 Å². The van der Waals surface area contributed by atoms with Crippen LogP contribution in [0.2, 0.25) is 5.02 Å². The van der Waals surface area contributed by atoms with E-state index in [0.717, 1.165) is 11.6 Å². The molecule has 1 aliphatic rings. The van der Waals surface area contributed by atoms with Gasteiger partial charge in [0.15, 0.2) is 17.5 Å². The predicted molar refractivity (Wildman–Crippen MR) is 112 cm³/mol. The molecule has 0 saturated heterocycles. The Bertz CT molecular complexity index is 1090. The molecule has 2 atom stereocenters. The van der Waals surface area contributed by atoms with E-state index in [4.69, 9.17) is 11.6 Å². The summed E-state index contributed by atoms with van der Waals surface area (Å²) in [5.74, 6) is -0.677. The third kappa shape index (κ3) is 3.95. The van der Waals surface area contributed by atoms with Crippen molar-refractivity contribution in [1.82, 2.24) is 25.3 Å². The van der Waals surface area contributed by atoms with Gasteiger partial charge in [0, 0.05) is 42.4 Å². The van der Waals surface area contributed by atoms with Crippen molar-refractivity contribution in [2.45, 2.75) is 44.2 Å². The number of rotatable bonds is 5. The Morgan fingerprint density at radius 3 is 3.07 bits per heavy atom. The molecular formula is C20H22ClFN6O2. The summed E-state index contributed by atoms with van der Waals surface area (Å²) < 4.78 is 14.4. The second kappa shape index (κ2) is 8.16. The van der Waals surface area contributed by atoms with Crippen LogP contribution in [0.3, 0.4) is 0 Å². The molecule has 3 aromatic rings. The van der Waals surface area contributed by atoms with Gasteiger partial charge in [-0.15, -0.1) is 0 Å². The van der Waals surface area contributed by atoms with E-state index in [9.17, 15) is 14.3 Å². The van der Waals surface area contributed by atoms with Crippen LogP contribution in [0.15, 0.2) is 24.7 Å². The summed E-state index contributed by atoms with van der Waals surface area (Å²) in [4.78, 5) is 27.9. The van der Waals surface area contributed by atoms with Crippen LogP contribution in [-0.4, -0.2) is 49.1 Å². The van der Waals surface area contributed by atoms with Gasteiger partial charge < -0.3 is 20.7 Å². The Kier molecular flexibility index (Phi) is 5.57. The normalized spacial score (nSPS) is 21.5. The maximum atomic E-state index is 14.4. The minimum absolute atomic E-state index is 0.0227. The fourth-order valence-corrected chi connectivity index (χ4v) is 4.02. The molecule has 4 N–H and O–H groups in total. The van der Waals surface area contributed by atoms with Gasteiger partial charge in [-0.05, 0) is 32.3 Å². The predicted octanol–water partition coefficient (Wildman–Crippen LogP) is 3.03. The first-order chi connectivity index (χ1) is 14.4. The molecule has 1 fully saturated rings. The summed E-state index contributed by atoms with van der Waals surface area (Å²) in [6, 6.07) is 1.44. The molecule has 0 radical (unpaired) electrons. The first-order valence-electron chi connectivity index (χ1n) is 9.82. The summed E-state index contributed by atoms with van der Waals surface area (Å²) in [5.41, 5.74) is -0.209. The zero-order valence-corrected chi connectivity index (χ0v) is 17.1. The van der Waals surface area contributed by atoms with Gasteiger partial charge >= 0.3 is 0 Å². The third-order valence-corrected chi connectivity index (χ3v) is 5.52. The van der Waals surface area contributed by atoms with Gasteiger partial charge in [0.2, 0.25) is 0 Å². The van der Waals surface area contributed by atoms with Crippen LogP contribution in [0.5, 0.6) is 0 Å². The zero-order valence-electron chi connectivity index (χ0n) is 16.4. The number of pyridine rings is 1. The van der Waals surface area contributed by atoms with Crippen molar-refractivity contribution in [3.63, 3.8) is 0 Å². The minimum Gasteiger partial charge on any atom is -0.380 e. The lowest BCUT2D eigenvalue weighted by Gasteiger charge is -2.36. The molecule has 3 heterocycles. The number of hydrogen-bond acceptors (Lipinski definition) is 6. The number of carbonyl (C=O) groups excluding carboxylic acids is 1. The first-order valence-corrected chi connectivity index (χ1v) is 10.2. The number of nitrogens with zero attached hydrogens (tertiary/aromatic N) is 3. The second-order valence-corrected chi connectivity index (χ2v) is 7.91. The standard InChI is InChI=1S/C20H22ClFN6O2/c1-2-23-19(29)20(30)5-3-4-12(7-20)27-18-15(22)10-26-17(28-18)14-9-25-16-13(14)6-11(21)8-24-16/h6,8-10,12,30H,2-5,7H2,1H3,(H,23,29)(H,24,25)(H,26,27,28)/t12-,20-/m0/s1. The Labute approximate surface area is 177 Å². The monoisotopic (exact) mass is 432 g/mol. The SMILES string of the molecule is CCNC(=O)[C@]1(O)CCC[C@H](Nc2nc(-c3c[nH]c4ncc(Cl)cc34)ncc2F)C1. The highest BCUT2D eigenvalue weighted by Crippen LogP contribution is 2.32. The fourth-order valence-electron chi connectivity index (χ4n) is 3.86. The highest BCUT2D eigenvalue weighted by molar-refractivity contribution is 6.31. The van der Waals surface area contributed by atoms with E-state index < -0.39 is 17.3 Å². The number of nitrogens with one attached hydrogen (secondary N) is 3. The van der Waals surface area contributed by atoms with Crippen LogP contribution in [0.4, 0.5) is 10.2 Å². The van der Waals surface area contributed by atoms with Crippen LogP contribution in [-0.2, 0) is 4.79 Å². The summed E-state index contributed by atoms with van der Waals surface area (Å²) in [6.45, 7) is 2.23. The molecule has 0 aliphatic heterocycles. The van der Waals surface area contributed by atoms with E-state index >= 15 is 0 Å². The highest BCUT2D eigenvalue weighted by Gasteiger charge is 2.41. The number of H-pyrrole nitrogens is 1. The topological polar surface area (TPSA) is 116 Å². The van der Waals surface area contributed by atoms with E-state index in [1.165, 1.54) is 6.20 Å². The van der Waals surface area contributed by atoms with E-state index in [0.29, 0.717) is 47.9 Å². The molecule has 4 rings (SSSR count). The number of aromatic amines is 1. The van der Waals surface area contributed by atoms with Crippen molar-refractivity contribution < 1.29 is 14.3 Å². The Morgan fingerprint density at radius 2 is 2.27 bits per heavy atom. The molecule has 30 heavy (non-hydrogen) atoms. The number of aromatic nitrogens is 4. The van der Waals surface area contributed by atoms with Crippen molar-refractivity contribution >= 4 is 34.4 Å². The molecule has 0 aromatic carbocycles. The maximum Gasteiger partial charge on any atom is 0.252 e. The minimum atomic E-state index is -1.47. The van der Waals surface area contributed by atoms with Crippen molar-refractivity contribution in [1.29, 1.82) is 0 Å². The van der Waals surface area contributed by atoms with Crippen LogP contribution in [0, 0.1) is 5.82 Å². The highest BCUT2D eigenvalue weighted by atomic mass is 35.5. The number of aliphatic hydroxyl groups is 1. The average Bonchev–Trinajstić information content (AvgIpc) is 3.13. The summed E-state index contributed by atoms with van der Waals surface area (Å²) in [5, 5.41) is 17.6. The van der Waals surface area contributed by atoms with Crippen LogP contribution in [0.25, 0.3) is 22.4 Å². The fraction of sp³-hybridized carbons (Fsp3) is 0.400. The van der Waals surface area contributed by atoms with Crippen molar-refractivity contribution in [3.8, 4) is 11.4 Å². The smallest absolute Gasteiger partial charge is 0.252 e. The van der Waals surface area contributed by atoms with Crippen molar-refractivity contribution in [2.75, 3.05) is 11.9 Å². The van der Waals surface area contributed by atoms with E-state index in [2.05, 4.69) is 30.6 Å². The molecule has 0 spiro atoms. The van der Waals surface area contributed by atoms with E-state index in [1.54, 1.807) is 19.2 Å². The number of carbonyl (C=O) groups is 1. The average molecular weight is 433 g/mol. The molecule has 1 amide bonds. The van der Waals surface area contributed by atoms with Gasteiger partial charge in [-0.25, -0.2) is 19.3 Å². The molecule has 158 valence electrons. The lowest BCUT2D eigenvalue weighted by molar-refractivity contribution is -0.143. The van der Waals surface area contributed by atoms with Gasteiger partial charge in [-0.1, -0.05) is 11.6 Å². The van der Waals surface area contributed by atoms with Gasteiger partial charge in [0.1, 0.15) is 11.2 Å². The van der Waals surface area contributed by atoms with Crippen molar-refractivity contribution in [3.05, 3.63) is 35.5 Å².